The predicted molar refractivity (Wildman–Crippen MR) is 112 cm³/mol. The SMILES string of the molecule is O=C(CN1CCN(C(=O)c2cc(-c3cccnc3)on2)CC1)Nc1ccccc1C(F)(F)F. The zero-order valence-electron chi connectivity index (χ0n) is 17.4. The second-order valence-electron chi connectivity index (χ2n) is 7.48. The number of carbonyl (C=O) groups excluding carboxylic acids is 2. The summed E-state index contributed by atoms with van der Waals surface area (Å²) < 4.78 is 44.5. The van der Waals surface area contributed by atoms with Gasteiger partial charge in [0.25, 0.3) is 5.91 Å². The average molecular weight is 459 g/mol. The van der Waals surface area contributed by atoms with Gasteiger partial charge in [0, 0.05) is 50.2 Å². The minimum absolute atomic E-state index is 0.0800. The lowest BCUT2D eigenvalue weighted by molar-refractivity contribution is -0.137. The Morgan fingerprint density at radius 2 is 1.82 bits per heavy atom. The number of alkyl halides is 3. The van der Waals surface area contributed by atoms with E-state index in [1.807, 2.05) is 0 Å². The van der Waals surface area contributed by atoms with Gasteiger partial charge in [-0.2, -0.15) is 13.2 Å². The highest BCUT2D eigenvalue weighted by atomic mass is 19.4. The van der Waals surface area contributed by atoms with Gasteiger partial charge in [0.1, 0.15) is 0 Å². The maximum atomic E-state index is 13.1. The topological polar surface area (TPSA) is 91.6 Å². The van der Waals surface area contributed by atoms with Crippen molar-refractivity contribution in [1.29, 1.82) is 0 Å². The van der Waals surface area contributed by atoms with E-state index in [1.165, 1.54) is 18.2 Å². The fraction of sp³-hybridized carbons (Fsp3) is 0.273. The van der Waals surface area contributed by atoms with Crippen LogP contribution < -0.4 is 5.32 Å². The molecule has 172 valence electrons. The Hall–Kier alpha value is -3.73. The van der Waals surface area contributed by atoms with Crippen LogP contribution in [0.2, 0.25) is 0 Å². The van der Waals surface area contributed by atoms with Crippen LogP contribution in [0.25, 0.3) is 11.3 Å². The summed E-state index contributed by atoms with van der Waals surface area (Å²) >= 11 is 0. The molecular weight excluding hydrogens is 439 g/mol. The Kier molecular flexibility index (Phi) is 6.40. The Labute approximate surface area is 187 Å². The molecule has 33 heavy (non-hydrogen) atoms. The van der Waals surface area contributed by atoms with E-state index in [9.17, 15) is 22.8 Å². The Morgan fingerprint density at radius 1 is 1.06 bits per heavy atom. The zero-order valence-corrected chi connectivity index (χ0v) is 17.4. The molecule has 11 heteroatoms. The van der Waals surface area contributed by atoms with E-state index in [-0.39, 0.29) is 23.8 Å². The number of aromatic nitrogens is 2. The zero-order chi connectivity index (χ0) is 23.4. The summed E-state index contributed by atoms with van der Waals surface area (Å²) in [6, 6.07) is 9.92. The summed E-state index contributed by atoms with van der Waals surface area (Å²) in [7, 11) is 0. The van der Waals surface area contributed by atoms with Crippen LogP contribution in [0, 0.1) is 0 Å². The van der Waals surface area contributed by atoms with E-state index < -0.39 is 17.6 Å². The molecule has 3 aromatic rings. The quantitative estimate of drug-likeness (QED) is 0.630. The summed E-state index contributed by atoms with van der Waals surface area (Å²) in [5.74, 6) is -0.415. The Bertz CT molecular complexity index is 1130. The molecule has 1 aliphatic rings. The first-order valence-corrected chi connectivity index (χ1v) is 10.2. The maximum Gasteiger partial charge on any atom is 0.418 e. The van der Waals surface area contributed by atoms with Gasteiger partial charge in [-0.3, -0.25) is 19.5 Å². The first-order chi connectivity index (χ1) is 15.8. The summed E-state index contributed by atoms with van der Waals surface area (Å²) in [6.45, 7) is 1.41. The molecule has 0 unspecified atom stereocenters. The molecule has 3 heterocycles. The lowest BCUT2D eigenvalue weighted by atomic mass is 10.1. The number of halogens is 3. The third-order valence-electron chi connectivity index (χ3n) is 5.21. The van der Waals surface area contributed by atoms with Gasteiger partial charge in [-0.15, -0.1) is 0 Å². The standard InChI is InChI=1S/C22H20F3N5O3/c23-22(24,25)16-5-1-2-6-17(16)27-20(31)14-29-8-10-30(11-9-29)21(32)18-12-19(33-28-18)15-4-3-7-26-13-15/h1-7,12-13H,8-11,14H2,(H,27,31). The van der Waals surface area contributed by atoms with E-state index in [0.29, 0.717) is 37.5 Å². The van der Waals surface area contributed by atoms with Gasteiger partial charge in [0.05, 0.1) is 17.8 Å². The first kappa shape index (κ1) is 22.5. The molecular formula is C22H20F3N5O3. The molecule has 0 aliphatic carbocycles. The number of hydrogen-bond donors (Lipinski definition) is 1. The number of amides is 2. The molecule has 1 fully saturated rings. The lowest BCUT2D eigenvalue weighted by Gasteiger charge is -2.33. The number of hydrogen-bond acceptors (Lipinski definition) is 6. The van der Waals surface area contributed by atoms with Crippen LogP contribution >= 0.6 is 0 Å². The number of rotatable bonds is 5. The van der Waals surface area contributed by atoms with Crippen molar-refractivity contribution < 1.29 is 27.3 Å². The highest BCUT2D eigenvalue weighted by Gasteiger charge is 2.34. The van der Waals surface area contributed by atoms with Crippen LogP contribution in [-0.4, -0.2) is 64.5 Å². The number of nitrogens with one attached hydrogen (secondary N) is 1. The second-order valence-corrected chi connectivity index (χ2v) is 7.48. The molecule has 8 nitrogen and oxygen atoms in total. The fourth-order valence-corrected chi connectivity index (χ4v) is 3.52. The lowest BCUT2D eigenvalue weighted by Crippen LogP contribution is -2.50. The van der Waals surface area contributed by atoms with E-state index >= 15 is 0 Å². The number of piperazine rings is 1. The van der Waals surface area contributed by atoms with Crippen LogP contribution in [0.15, 0.2) is 59.4 Å². The third-order valence-corrected chi connectivity index (χ3v) is 5.21. The fourth-order valence-electron chi connectivity index (χ4n) is 3.52. The second kappa shape index (κ2) is 9.41. The van der Waals surface area contributed by atoms with Crippen LogP contribution in [0.1, 0.15) is 16.1 Å². The smallest absolute Gasteiger partial charge is 0.355 e. The molecule has 0 saturated carbocycles. The van der Waals surface area contributed by atoms with Crippen molar-refractivity contribution in [3.63, 3.8) is 0 Å². The van der Waals surface area contributed by atoms with E-state index in [2.05, 4.69) is 15.5 Å². The Balaban J connectivity index is 1.30. The van der Waals surface area contributed by atoms with Gasteiger partial charge in [0.2, 0.25) is 5.91 Å². The monoisotopic (exact) mass is 459 g/mol. The largest absolute Gasteiger partial charge is 0.418 e. The predicted octanol–water partition coefficient (Wildman–Crippen LogP) is 3.15. The minimum Gasteiger partial charge on any atom is -0.355 e. The molecule has 1 N–H and O–H groups in total. The number of benzene rings is 1. The number of anilines is 1. The summed E-state index contributed by atoms with van der Waals surface area (Å²) in [4.78, 5) is 32.4. The minimum atomic E-state index is -4.56. The van der Waals surface area contributed by atoms with Crippen molar-refractivity contribution in [2.24, 2.45) is 0 Å². The highest BCUT2D eigenvalue weighted by Crippen LogP contribution is 2.34. The van der Waals surface area contributed by atoms with Crippen LogP contribution in [-0.2, 0) is 11.0 Å². The van der Waals surface area contributed by atoms with Gasteiger partial charge >= 0.3 is 6.18 Å². The van der Waals surface area contributed by atoms with E-state index in [0.717, 1.165) is 6.07 Å². The van der Waals surface area contributed by atoms with Crippen LogP contribution in [0.5, 0.6) is 0 Å². The molecule has 2 amide bonds. The normalized spacial score (nSPS) is 14.8. The molecule has 2 aromatic heterocycles. The molecule has 0 atom stereocenters. The van der Waals surface area contributed by atoms with Crippen LogP contribution in [0.3, 0.4) is 0 Å². The molecule has 1 saturated heterocycles. The summed E-state index contributed by atoms with van der Waals surface area (Å²) in [5.41, 5.74) is -0.304. The van der Waals surface area contributed by atoms with Crippen molar-refractivity contribution in [2.75, 3.05) is 38.0 Å². The summed E-state index contributed by atoms with van der Waals surface area (Å²) in [5, 5.41) is 6.18. The molecule has 0 radical (unpaired) electrons. The third kappa shape index (κ3) is 5.37. The van der Waals surface area contributed by atoms with Crippen molar-refractivity contribution in [3.8, 4) is 11.3 Å². The molecule has 0 spiro atoms. The van der Waals surface area contributed by atoms with Crippen LogP contribution in [0.4, 0.5) is 18.9 Å². The van der Waals surface area contributed by atoms with Crippen molar-refractivity contribution in [3.05, 3.63) is 66.1 Å². The molecule has 0 bridgehead atoms. The van der Waals surface area contributed by atoms with E-state index in [4.69, 9.17) is 4.52 Å². The molecule has 1 aliphatic heterocycles. The summed E-state index contributed by atoms with van der Waals surface area (Å²) in [6.07, 6.45) is -1.33. The van der Waals surface area contributed by atoms with Gasteiger partial charge in [-0.25, -0.2) is 0 Å². The van der Waals surface area contributed by atoms with Crippen molar-refractivity contribution in [1.82, 2.24) is 19.9 Å². The molecule has 4 rings (SSSR count). The number of nitrogens with zero attached hydrogens (tertiary/aromatic N) is 4. The number of carbonyl (C=O) groups is 2. The maximum absolute atomic E-state index is 13.1. The van der Waals surface area contributed by atoms with Gasteiger partial charge in [-0.05, 0) is 24.3 Å². The number of para-hydroxylation sites is 1. The number of pyridine rings is 1. The molecule has 1 aromatic carbocycles. The average Bonchev–Trinajstić information content (AvgIpc) is 3.30. The van der Waals surface area contributed by atoms with Crippen molar-refractivity contribution >= 4 is 17.5 Å². The van der Waals surface area contributed by atoms with Gasteiger partial charge in [0.15, 0.2) is 11.5 Å². The van der Waals surface area contributed by atoms with Gasteiger partial charge < -0.3 is 14.7 Å². The Morgan fingerprint density at radius 3 is 2.52 bits per heavy atom. The first-order valence-electron chi connectivity index (χ1n) is 10.2. The van der Waals surface area contributed by atoms with E-state index in [1.54, 1.807) is 40.4 Å². The van der Waals surface area contributed by atoms with Gasteiger partial charge in [-0.1, -0.05) is 17.3 Å². The van der Waals surface area contributed by atoms with Crippen molar-refractivity contribution in [2.45, 2.75) is 6.18 Å². The highest BCUT2D eigenvalue weighted by molar-refractivity contribution is 5.94.